The molecule has 0 spiro atoms. The molecule has 1 saturated heterocycles. The number of imide groups is 1. The van der Waals surface area contributed by atoms with Crippen LogP contribution in [-0.4, -0.2) is 44.6 Å². The summed E-state index contributed by atoms with van der Waals surface area (Å²) in [5.74, 6) is -1.43. The number of benzene rings is 2. The van der Waals surface area contributed by atoms with Crippen LogP contribution in [0.4, 0.5) is 11.6 Å². The Morgan fingerprint density at radius 3 is 2.08 bits per heavy atom. The second-order valence-electron chi connectivity index (χ2n) is 10.1. The Balaban J connectivity index is 1.48. The zero-order valence-corrected chi connectivity index (χ0v) is 22.1. The first kappa shape index (κ1) is 26.2. The normalized spacial score (nSPS) is 19.9. The Morgan fingerprint density at radius 1 is 0.923 bits per heavy atom. The van der Waals surface area contributed by atoms with Crippen LogP contribution in [0.5, 0.6) is 0 Å². The lowest BCUT2D eigenvalue weighted by molar-refractivity contribution is -0.147. The molecule has 2 aromatic carbocycles. The quantitative estimate of drug-likeness (QED) is 0.285. The van der Waals surface area contributed by atoms with Gasteiger partial charge in [0.25, 0.3) is 5.95 Å². The van der Waals surface area contributed by atoms with E-state index in [4.69, 9.17) is 0 Å². The minimum Gasteiger partial charge on any atom is -0.326 e. The number of hydrogen-bond acceptors (Lipinski definition) is 6. The van der Waals surface area contributed by atoms with Gasteiger partial charge in [-0.1, -0.05) is 61.4 Å². The van der Waals surface area contributed by atoms with Gasteiger partial charge in [0.05, 0.1) is 11.8 Å². The molecule has 5 rings (SSSR count). The molecule has 39 heavy (non-hydrogen) atoms. The summed E-state index contributed by atoms with van der Waals surface area (Å²) in [5.41, 5.74) is 3.02. The van der Waals surface area contributed by atoms with Crippen LogP contribution in [-0.2, 0) is 20.8 Å². The molecule has 9 heteroatoms. The lowest BCUT2D eigenvalue weighted by atomic mass is 9.81. The monoisotopic (exact) mass is 524 g/mol. The third-order valence-corrected chi connectivity index (χ3v) is 7.22. The molecule has 0 radical (unpaired) electrons. The summed E-state index contributed by atoms with van der Waals surface area (Å²) in [6.45, 7) is 3.69. The molecule has 0 unspecified atom stereocenters. The first-order valence-corrected chi connectivity index (χ1v) is 13.3. The Kier molecular flexibility index (Phi) is 7.76. The number of anilines is 1. The molecular weight excluding hydrogens is 492 g/mol. The molecule has 3 aromatic rings. The minimum atomic E-state index is -1.03. The highest BCUT2D eigenvalue weighted by molar-refractivity contribution is 6.12. The van der Waals surface area contributed by atoms with E-state index in [9.17, 15) is 14.4 Å². The fourth-order valence-electron chi connectivity index (χ4n) is 5.44. The van der Waals surface area contributed by atoms with Crippen molar-refractivity contribution in [3.8, 4) is 0 Å². The van der Waals surface area contributed by atoms with E-state index >= 15 is 0 Å². The number of carbonyl (C=O) groups is 3. The van der Waals surface area contributed by atoms with E-state index in [-0.39, 0.29) is 42.0 Å². The van der Waals surface area contributed by atoms with Gasteiger partial charge in [-0.3, -0.25) is 24.6 Å². The van der Waals surface area contributed by atoms with Crippen LogP contribution in [0.2, 0.25) is 0 Å². The third-order valence-electron chi connectivity index (χ3n) is 7.22. The van der Waals surface area contributed by atoms with Gasteiger partial charge in [0, 0.05) is 23.5 Å². The van der Waals surface area contributed by atoms with Crippen molar-refractivity contribution in [1.82, 2.24) is 20.2 Å². The number of aromatic nitrogens is 2. The van der Waals surface area contributed by atoms with Gasteiger partial charge in [0.2, 0.25) is 23.7 Å². The second kappa shape index (κ2) is 11.6. The summed E-state index contributed by atoms with van der Waals surface area (Å²) in [6, 6.07) is 19.5. The van der Waals surface area contributed by atoms with Crippen molar-refractivity contribution >= 4 is 35.3 Å². The van der Waals surface area contributed by atoms with Gasteiger partial charge < -0.3 is 5.32 Å². The number of nitrogens with one attached hydrogen (secondary N) is 2. The average Bonchev–Trinajstić information content (AvgIpc) is 3.17. The van der Waals surface area contributed by atoms with Gasteiger partial charge in [0.15, 0.2) is 0 Å². The minimum absolute atomic E-state index is 0.103. The Labute approximate surface area is 227 Å². The zero-order valence-electron chi connectivity index (χ0n) is 22.1. The number of aliphatic imine (C=N–C) groups is 1. The van der Waals surface area contributed by atoms with E-state index in [0.717, 1.165) is 29.8 Å². The van der Waals surface area contributed by atoms with Crippen molar-refractivity contribution in [2.45, 2.75) is 52.0 Å². The number of amides is 3. The predicted octanol–water partition coefficient (Wildman–Crippen LogP) is 4.10. The highest BCUT2D eigenvalue weighted by Crippen LogP contribution is 2.39. The standard InChI is InChI=1S/C30H32N6O3/c1-19-17-20(2)32-29(31-19)35-30(33-22-13-7-4-8-14-22)34-26(37)25(18-21-11-5-3-6-12-21)36-27(38)23-15-9-10-16-24(23)28(36)39/h3-8,11-14,17,23-25H,9-10,15-16,18H2,1-2H3,(H2,31,32,33,34,35,37)/t23-,24-,25+/m0/s1. The zero-order chi connectivity index (χ0) is 27.4. The number of carbonyl (C=O) groups excluding carboxylic acids is 3. The topological polar surface area (TPSA) is 117 Å². The van der Waals surface area contributed by atoms with Crippen LogP contribution in [0.25, 0.3) is 0 Å². The molecular formula is C30H32N6O3. The van der Waals surface area contributed by atoms with Crippen LogP contribution in [0, 0.1) is 25.7 Å². The third kappa shape index (κ3) is 6.03. The van der Waals surface area contributed by atoms with Crippen LogP contribution in [0.3, 0.4) is 0 Å². The highest BCUT2D eigenvalue weighted by Gasteiger charge is 2.51. The summed E-state index contributed by atoms with van der Waals surface area (Å²) < 4.78 is 0. The maximum Gasteiger partial charge on any atom is 0.253 e. The first-order chi connectivity index (χ1) is 18.9. The molecule has 1 aliphatic carbocycles. The average molecular weight is 525 g/mol. The Morgan fingerprint density at radius 2 is 1.49 bits per heavy atom. The van der Waals surface area contributed by atoms with Crippen molar-refractivity contribution < 1.29 is 14.4 Å². The van der Waals surface area contributed by atoms with E-state index in [0.29, 0.717) is 18.5 Å². The van der Waals surface area contributed by atoms with Gasteiger partial charge in [-0.15, -0.1) is 0 Å². The fourth-order valence-corrected chi connectivity index (χ4v) is 5.44. The smallest absolute Gasteiger partial charge is 0.253 e. The number of likely N-dealkylation sites (tertiary alicyclic amines) is 1. The Bertz CT molecular complexity index is 1350. The molecule has 1 aromatic heterocycles. The molecule has 3 atom stereocenters. The predicted molar refractivity (Wildman–Crippen MR) is 148 cm³/mol. The fraction of sp³-hybridized carbons (Fsp3) is 0.333. The van der Waals surface area contributed by atoms with Crippen LogP contribution in [0.15, 0.2) is 71.7 Å². The summed E-state index contributed by atoms with van der Waals surface area (Å²) in [4.78, 5) is 55.4. The van der Waals surface area contributed by atoms with Crippen molar-refractivity contribution in [2.75, 3.05) is 5.32 Å². The van der Waals surface area contributed by atoms with Gasteiger partial charge in [-0.05, 0) is 50.5 Å². The maximum absolute atomic E-state index is 13.9. The van der Waals surface area contributed by atoms with Gasteiger partial charge in [-0.2, -0.15) is 4.99 Å². The Hall–Kier alpha value is -4.40. The molecule has 2 aliphatic rings. The molecule has 3 amide bonds. The van der Waals surface area contributed by atoms with E-state index in [1.807, 2.05) is 80.6 Å². The summed E-state index contributed by atoms with van der Waals surface area (Å²) in [6.07, 6.45) is 3.38. The van der Waals surface area contributed by atoms with E-state index < -0.39 is 11.9 Å². The van der Waals surface area contributed by atoms with E-state index in [2.05, 4.69) is 25.6 Å². The van der Waals surface area contributed by atoms with Crippen molar-refractivity contribution in [1.29, 1.82) is 0 Å². The number of hydrogen-bond donors (Lipinski definition) is 2. The molecule has 1 saturated carbocycles. The van der Waals surface area contributed by atoms with Crippen LogP contribution < -0.4 is 10.6 Å². The highest BCUT2D eigenvalue weighted by atomic mass is 16.2. The van der Waals surface area contributed by atoms with Crippen molar-refractivity contribution in [2.24, 2.45) is 16.8 Å². The number of fused-ring (bicyclic) bond motifs is 1. The van der Waals surface area contributed by atoms with Crippen molar-refractivity contribution in [3.63, 3.8) is 0 Å². The van der Waals surface area contributed by atoms with Gasteiger partial charge >= 0.3 is 0 Å². The molecule has 0 bridgehead atoms. The van der Waals surface area contributed by atoms with Crippen molar-refractivity contribution in [3.05, 3.63) is 83.7 Å². The first-order valence-electron chi connectivity index (χ1n) is 13.3. The van der Waals surface area contributed by atoms with Crippen LogP contribution >= 0.6 is 0 Å². The van der Waals surface area contributed by atoms with Crippen LogP contribution in [0.1, 0.15) is 42.6 Å². The number of aryl methyl sites for hydroxylation is 2. The summed E-state index contributed by atoms with van der Waals surface area (Å²) in [7, 11) is 0. The maximum atomic E-state index is 13.9. The summed E-state index contributed by atoms with van der Waals surface area (Å²) in [5, 5.41) is 5.98. The SMILES string of the molecule is Cc1cc(C)nc(N=C(NC(=O)[C@@H](Cc2ccccc2)N2C(=O)[C@H]3CCCC[C@@H]3C2=O)Nc2ccccc2)n1. The van der Waals surface area contributed by atoms with Gasteiger partial charge in [0.1, 0.15) is 6.04 Å². The lowest BCUT2D eigenvalue weighted by Crippen LogP contribution is -2.53. The molecule has 200 valence electrons. The molecule has 2 heterocycles. The lowest BCUT2D eigenvalue weighted by Gasteiger charge is -2.26. The number of nitrogens with zero attached hydrogens (tertiary/aromatic N) is 4. The molecule has 1 aliphatic heterocycles. The number of rotatable bonds is 6. The van der Waals surface area contributed by atoms with E-state index in [1.165, 1.54) is 4.90 Å². The number of guanidine groups is 1. The molecule has 2 N–H and O–H groups in total. The second-order valence-corrected chi connectivity index (χ2v) is 10.1. The number of para-hydroxylation sites is 1. The van der Waals surface area contributed by atoms with Gasteiger partial charge in [-0.25, -0.2) is 9.97 Å². The molecule has 2 fully saturated rings. The molecule has 9 nitrogen and oxygen atoms in total. The largest absolute Gasteiger partial charge is 0.326 e. The van der Waals surface area contributed by atoms with E-state index in [1.54, 1.807) is 0 Å². The summed E-state index contributed by atoms with van der Waals surface area (Å²) >= 11 is 0.